The topological polar surface area (TPSA) is 57.2 Å². The van der Waals surface area contributed by atoms with Crippen molar-refractivity contribution < 1.29 is 13.0 Å². The number of hydrogen-bond donors (Lipinski definition) is 0. The fraction of sp³-hybridized carbons (Fsp3) is 0. The van der Waals surface area contributed by atoms with E-state index in [0.29, 0.717) is 5.39 Å². The lowest BCUT2D eigenvalue weighted by Crippen LogP contribution is -2.00. The highest BCUT2D eigenvalue weighted by molar-refractivity contribution is 7.86. The zero-order chi connectivity index (χ0) is 13.9. The molecule has 0 unspecified atom stereocenters. The number of hydrogen-bond acceptors (Lipinski definition) is 3. The highest BCUT2D eigenvalue weighted by Gasteiger charge is 2.13. The Morgan fingerprint density at radius 2 is 1.24 bits per heavy atom. The Balaban J connectivity index is 0.00000132. The summed E-state index contributed by atoms with van der Waals surface area (Å²) in [4.78, 5) is -0.150. The minimum atomic E-state index is -4.48. The van der Waals surface area contributed by atoms with Gasteiger partial charge in [0, 0.05) is 5.39 Å². The summed E-state index contributed by atoms with van der Waals surface area (Å²) >= 11 is 0. The smallest absolute Gasteiger partial charge is 0.125 e. The van der Waals surface area contributed by atoms with E-state index in [-0.39, 0.29) is 18.4 Å². The molecule has 4 aromatic carbocycles. The van der Waals surface area contributed by atoms with Gasteiger partial charge in [-0.1, -0.05) is 62.0 Å². The van der Waals surface area contributed by atoms with Crippen molar-refractivity contribution >= 4 is 55.9 Å². The van der Waals surface area contributed by atoms with Crippen LogP contribution < -0.4 is 0 Å². The third kappa shape index (κ3) is 1.97. The zero-order valence-corrected chi connectivity index (χ0v) is 12.9. The molecular formula is C16H12O3S2. The van der Waals surface area contributed by atoms with Crippen molar-refractivity contribution in [2.45, 2.75) is 4.90 Å². The molecule has 21 heavy (non-hydrogen) atoms. The first-order valence-corrected chi connectivity index (χ1v) is 7.59. The monoisotopic (exact) mass is 316 g/mol. The van der Waals surface area contributed by atoms with Crippen molar-refractivity contribution in [3.05, 3.63) is 54.6 Å². The Hall–Kier alpha value is -1.82. The van der Waals surface area contributed by atoms with Crippen LogP contribution in [0.3, 0.4) is 0 Å². The van der Waals surface area contributed by atoms with Crippen LogP contribution in [0.15, 0.2) is 59.5 Å². The normalized spacial score (nSPS) is 12.0. The van der Waals surface area contributed by atoms with E-state index in [4.69, 9.17) is 0 Å². The fourth-order valence-electron chi connectivity index (χ4n) is 2.93. The van der Waals surface area contributed by atoms with Crippen LogP contribution in [-0.2, 0) is 23.6 Å². The lowest BCUT2D eigenvalue weighted by atomic mass is 9.94. The molecule has 0 aliphatic heterocycles. The Bertz CT molecular complexity index is 1050. The molecule has 0 heterocycles. The van der Waals surface area contributed by atoms with E-state index in [9.17, 15) is 13.0 Å². The zero-order valence-electron chi connectivity index (χ0n) is 10.9. The van der Waals surface area contributed by atoms with E-state index in [0.717, 1.165) is 26.9 Å². The highest BCUT2D eigenvalue weighted by atomic mass is 32.2. The second-order valence-corrected chi connectivity index (χ2v) is 6.22. The maximum Gasteiger partial charge on any atom is 0.125 e. The molecule has 0 aliphatic rings. The minimum Gasteiger partial charge on any atom is -0.744 e. The molecule has 3 nitrogen and oxygen atoms in total. The molecule has 0 saturated carbocycles. The Morgan fingerprint density at radius 3 is 1.86 bits per heavy atom. The predicted molar refractivity (Wildman–Crippen MR) is 89.7 cm³/mol. The molecule has 0 spiro atoms. The maximum atomic E-state index is 11.4. The number of benzene rings is 4. The van der Waals surface area contributed by atoms with Crippen molar-refractivity contribution in [3.8, 4) is 0 Å². The van der Waals surface area contributed by atoms with E-state index in [1.807, 2.05) is 36.4 Å². The van der Waals surface area contributed by atoms with Crippen molar-refractivity contribution in [2.24, 2.45) is 0 Å². The predicted octanol–water partition coefficient (Wildman–Crippen LogP) is 2.68. The van der Waals surface area contributed by atoms with Crippen molar-refractivity contribution in [2.75, 3.05) is 0 Å². The van der Waals surface area contributed by atoms with E-state index in [2.05, 4.69) is 0 Å². The molecule has 0 aliphatic carbocycles. The van der Waals surface area contributed by atoms with Crippen LogP contribution in [0, 0.1) is 0 Å². The quantitative estimate of drug-likeness (QED) is 0.308. The van der Waals surface area contributed by atoms with Gasteiger partial charge in [-0.2, -0.15) is 0 Å². The van der Waals surface area contributed by atoms with Crippen LogP contribution >= 0.6 is 0 Å². The van der Waals surface area contributed by atoms with Gasteiger partial charge in [0.25, 0.3) is 0 Å². The molecule has 0 aromatic heterocycles. The average Bonchev–Trinajstić information content (AvgIpc) is 2.43. The second kappa shape index (κ2) is 4.59. The Morgan fingerprint density at radius 1 is 0.714 bits per heavy atom. The molecule has 4 rings (SSSR count). The molecule has 0 amide bonds. The van der Waals surface area contributed by atoms with Gasteiger partial charge >= 0.3 is 0 Å². The fourth-order valence-corrected chi connectivity index (χ4v) is 3.60. The Labute approximate surface area is 128 Å². The SMILES string of the molecule is O=S(=O)([O-])c1ccc2ccc3cccc4ccc1c2c34.[SH3+]. The third-order valence-corrected chi connectivity index (χ3v) is 4.65. The van der Waals surface area contributed by atoms with Crippen LogP contribution in [0.5, 0.6) is 0 Å². The van der Waals surface area contributed by atoms with Crippen molar-refractivity contribution in [1.82, 2.24) is 0 Å². The van der Waals surface area contributed by atoms with Crippen LogP contribution in [0.2, 0.25) is 0 Å². The molecular weight excluding hydrogens is 304 g/mol. The number of rotatable bonds is 1. The minimum absolute atomic E-state index is 0. The van der Waals surface area contributed by atoms with E-state index in [1.165, 1.54) is 6.07 Å². The third-order valence-electron chi connectivity index (χ3n) is 3.76. The van der Waals surface area contributed by atoms with Crippen molar-refractivity contribution in [3.63, 3.8) is 0 Å². The standard InChI is InChI=1S/C16H10O3S.H2S/c17-20(18,19)14-9-7-12-5-4-10-2-1-3-11-6-8-13(14)16(12)15(10)11;/h1-9H,(H,17,18,19);1H2. The first-order valence-electron chi connectivity index (χ1n) is 6.18. The molecule has 0 radical (unpaired) electrons. The molecule has 0 saturated heterocycles. The first kappa shape index (κ1) is 14.1. The summed E-state index contributed by atoms with van der Waals surface area (Å²) in [6, 6.07) is 16.6. The van der Waals surface area contributed by atoms with Gasteiger partial charge in [-0.15, -0.1) is 0 Å². The van der Waals surface area contributed by atoms with Gasteiger partial charge in [0.15, 0.2) is 0 Å². The summed E-state index contributed by atoms with van der Waals surface area (Å²) in [5.41, 5.74) is 0. The second-order valence-electron chi connectivity index (χ2n) is 4.87. The lowest BCUT2D eigenvalue weighted by Gasteiger charge is -2.15. The van der Waals surface area contributed by atoms with E-state index >= 15 is 0 Å². The average molecular weight is 316 g/mol. The summed E-state index contributed by atoms with van der Waals surface area (Å²) in [7, 11) is -4.48. The van der Waals surface area contributed by atoms with Crippen LogP contribution in [0.4, 0.5) is 0 Å². The van der Waals surface area contributed by atoms with Gasteiger partial charge in [0.2, 0.25) is 0 Å². The molecule has 0 atom stereocenters. The van der Waals surface area contributed by atoms with Gasteiger partial charge in [-0.25, -0.2) is 8.42 Å². The van der Waals surface area contributed by atoms with Gasteiger partial charge in [-0.05, 0) is 33.0 Å². The summed E-state index contributed by atoms with van der Waals surface area (Å²) < 4.78 is 34.3. The van der Waals surface area contributed by atoms with Crippen LogP contribution in [0.1, 0.15) is 0 Å². The van der Waals surface area contributed by atoms with Gasteiger partial charge in [-0.3, -0.25) is 0 Å². The summed E-state index contributed by atoms with van der Waals surface area (Å²) in [5.74, 6) is 0. The van der Waals surface area contributed by atoms with Crippen LogP contribution in [-0.4, -0.2) is 13.0 Å². The van der Waals surface area contributed by atoms with Gasteiger partial charge in [0.1, 0.15) is 10.1 Å². The van der Waals surface area contributed by atoms with Crippen molar-refractivity contribution in [1.29, 1.82) is 0 Å². The van der Waals surface area contributed by atoms with E-state index in [1.54, 1.807) is 12.1 Å². The molecule has 0 fully saturated rings. The summed E-state index contributed by atoms with van der Waals surface area (Å²) in [6.45, 7) is 0. The molecule has 5 heteroatoms. The first-order chi connectivity index (χ1) is 9.55. The largest absolute Gasteiger partial charge is 0.744 e. The van der Waals surface area contributed by atoms with Gasteiger partial charge < -0.3 is 4.55 Å². The lowest BCUT2D eigenvalue weighted by molar-refractivity contribution is 0.464. The molecule has 106 valence electrons. The highest BCUT2D eigenvalue weighted by Crippen LogP contribution is 2.36. The van der Waals surface area contributed by atoms with Gasteiger partial charge in [0.05, 0.1) is 4.90 Å². The Kier molecular flexibility index (Phi) is 3.09. The molecule has 0 bridgehead atoms. The molecule has 4 aromatic rings. The van der Waals surface area contributed by atoms with Crippen LogP contribution in [0.25, 0.3) is 32.3 Å². The summed E-state index contributed by atoms with van der Waals surface area (Å²) in [5, 5.41) is 5.38. The van der Waals surface area contributed by atoms with E-state index < -0.39 is 10.1 Å². The summed E-state index contributed by atoms with van der Waals surface area (Å²) in [6.07, 6.45) is 0. The maximum absolute atomic E-state index is 11.4. The molecule has 0 N–H and O–H groups in total.